The van der Waals surface area contributed by atoms with E-state index in [1.807, 2.05) is 0 Å². The average Bonchev–Trinajstić information content (AvgIpc) is 2.93. The molecule has 1 saturated heterocycles. The second kappa shape index (κ2) is 7.65. The first-order valence-electron chi connectivity index (χ1n) is 7.72. The van der Waals surface area contributed by atoms with Crippen molar-refractivity contribution in [3.63, 3.8) is 0 Å². The first kappa shape index (κ1) is 18.1. The molecule has 0 saturated carbocycles. The van der Waals surface area contributed by atoms with Gasteiger partial charge in [-0.2, -0.15) is 0 Å². The number of rotatable bonds is 5. The van der Waals surface area contributed by atoms with Crippen molar-refractivity contribution in [2.75, 3.05) is 6.54 Å². The molecule has 3 rings (SSSR count). The highest BCUT2D eigenvalue weighted by Gasteiger charge is 2.28. The van der Waals surface area contributed by atoms with Crippen LogP contribution in [0.3, 0.4) is 0 Å². The predicted octanol–water partition coefficient (Wildman–Crippen LogP) is 3.00. The summed E-state index contributed by atoms with van der Waals surface area (Å²) >= 11 is 3.22. The van der Waals surface area contributed by atoms with Crippen molar-refractivity contribution >= 4 is 33.8 Å². The summed E-state index contributed by atoms with van der Waals surface area (Å²) in [6.07, 6.45) is 0. The SMILES string of the molecule is O=C(OCc1ccc(F)cc1Br)c1ccc(CN2C(=O)CNC2=O)cc1. The minimum atomic E-state index is -0.525. The van der Waals surface area contributed by atoms with Crippen LogP contribution in [0.5, 0.6) is 0 Å². The van der Waals surface area contributed by atoms with E-state index in [0.717, 1.165) is 4.90 Å². The Bertz CT molecular complexity index is 854. The van der Waals surface area contributed by atoms with Crippen LogP contribution in [0.1, 0.15) is 21.5 Å². The Balaban J connectivity index is 1.60. The van der Waals surface area contributed by atoms with Gasteiger partial charge in [-0.25, -0.2) is 14.0 Å². The molecular weight excluding hydrogens is 407 g/mol. The fourth-order valence-corrected chi connectivity index (χ4v) is 2.87. The van der Waals surface area contributed by atoms with Gasteiger partial charge < -0.3 is 10.1 Å². The lowest BCUT2D eigenvalue weighted by Crippen LogP contribution is -2.30. The van der Waals surface area contributed by atoms with Gasteiger partial charge in [0, 0.05) is 10.0 Å². The maximum absolute atomic E-state index is 13.1. The van der Waals surface area contributed by atoms with Crippen molar-refractivity contribution < 1.29 is 23.5 Å². The van der Waals surface area contributed by atoms with E-state index in [4.69, 9.17) is 4.74 Å². The molecule has 0 atom stereocenters. The first-order valence-corrected chi connectivity index (χ1v) is 8.51. The van der Waals surface area contributed by atoms with Gasteiger partial charge in [0.1, 0.15) is 12.4 Å². The fourth-order valence-electron chi connectivity index (χ4n) is 2.41. The van der Waals surface area contributed by atoms with Crippen LogP contribution in [-0.2, 0) is 22.7 Å². The number of esters is 1. The van der Waals surface area contributed by atoms with Gasteiger partial charge >= 0.3 is 12.0 Å². The highest BCUT2D eigenvalue weighted by atomic mass is 79.9. The summed E-state index contributed by atoms with van der Waals surface area (Å²) in [6, 6.07) is 10.1. The molecule has 1 aliphatic heterocycles. The van der Waals surface area contributed by atoms with Gasteiger partial charge in [0.05, 0.1) is 18.7 Å². The van der Waals surface area contributed by atoms with Crippen LogP contribution in [0.25, 0.3) is 0 Å². The Kier molecular flexibility index (Phi) is 5.32. The second-order valence-electron chi connectivity index (χ2n) is 5.65. The molecule has 1 heterocycles. The molecule has 134 valence electrons. The van der Waals surface area contributed by atoms with Gasteiger partial charge in [-0.3, -0.25) is 9.69 Å². The number of carbonyl (C=O) groups excluding carboxylic acids is 3. The van der Waals surface area contributed by atoms with Crippen LogP contribution in [0, 0.1) is 5.82 Å². The van der Waals surface area contributed by atoms with Crippen LogP contribution in [-0.4, -0.2) is 29.4 Å². The van der Waals surface area contributed by atoms with Crippen molar-refractivity contribution in [2.24, 2.45) is 0 Å². The molecule has 1 fully saturated rings. The lowest BCUT2D eigenvalue weighted by molar-refractivity contribution is -0.125. The molecule has 2 aromatic carbocycles. The van der Waals surface area contributed by atoms with Gasteiger partial charge in [-0.1, -0.05) is 34.1 Å². The number of nitrogens with zero attached hydrogens (tertiary/aromatic N) is 1. The standard InChI is InChI=1S/C18H14BrFN2O4/c19-15-7-14(20)6-5-13(15)10-26-17(24)12-3-1-11(2-4-12)9-22-16(23)8-21-18(22)25/h1-7H,8-10H2,(H,21,25). The predicted molar refractivity (Wildman–Crippen MR) is 93.6 cm³/mol. The Hall–Kier alpha value is -2.74. The van der Waals surface area contributed by atoms with Gasteiger partial charge in [-0.05, 0) is 29.8 Å². The monoisotopic (exact) mass is 420 g/mol. The van der Waals surface area contributed by atoms with Gasteiger partial charge in [0.25, 0.3) is 0 Å². The quantitative estimate of drug-likeness (QED) is 0.595. The molecule has 0 aromatic heterocycles. The van der Waals surface area contributed by atoms with E-state index in [-0.39, 0.29) is 31.4 Å². The number of halogens is 2. The molecule has 26 heavy (non-hydrogen) atoms. The molecule has 8 heteroatoms. The summed E-state index contributed by atoms with van der Waals surface area (Å²) in [4.78, 5) is 36.3. The number of carbonyl (C=O) groups is 3. The molecule has 6 nitrogen and oxygen atoms in total. The number of hydrogen-bond acceptors (Lipinski definition) is 4. The largest absolute Gasteiger partial charge is 0.457 e. The zero-order valence-electron chi connectivity index (χ0n) is 13.5. The van der Waals surface area contributed by atoms with E-state index in [2.05, 4.69) is 21.2 Å². The van der Waals surface area contributed by atoms with Crippen LogP contribution in [0.2, 0.25) is 0 Å². The Morgan fingerprint density at radius 1 is 1.19 bits per heavy atom. The molecule has 3 amide bonds. The number of imide groups is 1. The Morgan fingerprint density at radius 3 is 2.54 bits per heavy atom. The van der Waals surface area contributed by atoms with Gasteiger partial charge in [0.2, 0.25) is 5.91 Å². The van der Waals surface area contributed by atoms with Crippen LogP contribution >= 0.6 is 15.9 Å². The second-order valence-corrected chi connectivity index (χ2v) is 6.50. The molecule has 0 spiro atoms. The lowest BCUT2D eigenvalue weighted by Gasteiger charge is -2.12. The number of ether oxygens (including phenoxy) is 1. The molecule has 0 radical (unpaired) electrons. The summed E-state index contributed by atoms with van der Waals surface area (Å²) in [5, 5.41) is 2.45. The number of amides is 3. The number of hydrogen-bond donors (Lipinski definition) is 1. The topological polar surface area (TPSA) is 75.7 Å². The van der Waals surface area contributed by atoms with Crippen molar-refractivity contribution in [1.29, 1.82) is 0 Å². The van der Waals surface area contributed by atoms with Crippen LogP contribution < -0.4 is 5.32 Å². The van der Waals surface area contributed by atoms with Crippen molar-refractivity contribution in [2.45, 2.75) is 13.2 Å². The summed E-state index contributed by atoms with van der Waals surface area (Å²) in [5.74, 6) is -1.20. The minimum Gasteiger partial charge on any atom is -0.457 e. The minimum absolute atomic E-state index is 0.00217. The third kappa shape index (κ3) is 4.08. The maximum atomic E-state index is 13.1. The molecule has 1 aliphatic rings. The number of nitrogens with one attached hydrogen (secondary N) is 1. The van der Waals surface area contributed by atoms with Gasteiger partial charge in [-0.15, -0.1) is 0 Å². The molecular formula is C18H14BrFN2O4. The smallest absolute Gasteiger partial charge is 0.338 e. The van der Waals surface area contributed by atoms with E-state index in [1.165, 1.54) is 18.2 Å². The fraction of sp³-hybridized carbons (Fsp3) is 0.167. The summed E-state index contributed by atoms with van der Waals surface area (Å²) in [5.41, 5.74) is 1.70. The van der Waals surface area contributed by atoms with Crippen molar-refractivity contribution in [3.8, 4) is 0 Å². The van der Waals surface area contributed by atoms with Crippen LogP contribution in [0.15, 0.2) is 46.9 Å². The third-order valence-electron chi connectivity index (χ3n) is 3.84. The van der Waals surface area contributed by atoms with E-state index in [1.54, 1.807) is 24.3 Å². The van der Waals surface area contributed by atoms with E-state index in [0.29, 0.717) is 21.2 Å². The maximum Gasteiger partial charge on any atom is 0.338 e. The van der Waals surface area contributed by atoms with Crippen LogP contribution in [0.4, 0.5) is 9.18 Å². The Labute approximate surface area is 157 Å². The first-order chi connectivity index (χ1) is 12.4. The zero-order valence-corrected chi connectivity index (χ0v) is 15.1. The normalized spacial score (nSPS) is 13.7. The summed E-state index contributed by atoms with van der Waals surface area (Å²) in [7, 11) is 0. The number of urea groups is 1. The highest BCUT2D eigenvalue weighted by molar-refractivity contribution is 9.10. The van der Waals surface area contributed by atoms with E-state index < -0.39 is 12.0 Å². The third-order valence-corrected chi connectivity index (χ3v) is 4.58. The molecule has 1 N–H and O–H groups in total. The van der Waals surface area contributed by atoms with Crippen molar-refractivity contribution in [3.05, 3.63) is 69.4 Å². The van der Waals surface area contributed by atoms with E-state index in [9.17, 15) is 18.8 Å². The Morgan fingerprint density at radius 2 is 1.92 bits per heavy atom. The van der Waals surface area contributed by atoms with Gasteiger partial charge in [0.15, 0.2) is 0 Å². The zero-order chi connectivity index (χ0) is 18.7. The molecule has 0 unspecified atom stereocenters. The van der Waals surface area contributed by atoms with Crippen molar-refractivity contribution in [1.82, 2.24) is 10.2 Å². The summed E-state index contributed by atoms with van der Waals surface area (Å²) in [6.45, 7) is 0.147. The molecule has 0 aliphatic carbocycles. The lowest BCUT2D eigenvalue weighted by atomic mass is 10.1. The summed E-state index contributed by atoms with van der Waals surface area (Å²) < 4.78 is 18.8. The molecule has 0 bridgehead atoms. The highest BCUT2D eigenvalue weighted by Crippen LogP contribution is 2.19. The van der Waals surface area contributed by atoms with E-state index >= 15 is 0 Å². The molecule has 2 aromatic rings. The average molecular weight is 421 g/mol. The number of benzene rings is 2.